The minimum Gasteiger partial charge on any atom is -0.381 e. The molecular formula is C13H18Cl3FN2O3S. The smallest absolute Gasteiger partial charge is 0.246 e. The van der Waals surface area contributed by atoms with Crippen LogP contribution in [0.2, 0.25) is 10.0 Å². The molecule has 0 bridgehead atoms. The van der Waals surface area contributed by atoms with E-state index < -0.39 is 21.9 Å². The van der Waals surface area contributed by atoms with E-state index in [4.69, 9.17) is 33.7 Å². The standard InChI is InChI=1S/C13H17Cl2FN2O3S.ClH/c1-21-10-2-3-18(9(6-10)7-17)22(19,20)13-11(14)4-8(16)5-12(13)15;/h4-5,9-10H,2-3,6-7,17H2,1H3;1H. The first kappa shape index (κ1) is 20.9. The Kier molecular flexibility index (Phi) is 7.53. The van der Waals surface area contributed by atoms with Crippen molar-refractivity contribution in [1.82, 2.24) is 4.31 Å². The lowest BCUT2D eigenvalue weighted by molar-refractivity contribution is 0.0401. The predicted octanol–water partition coefficient (Wildman–Crippen LogP) is 2.68. The van der Waals surface area contributed by atoms with Gasteiger partial charge in [-0.25, -0.2) is 12.8 Å². The average molecular weight is 408 g/mol. The van der Waals surface area contributed by atoms with Gasteiger partial charge in [0.2, 0.25) is 10.0 Å². The molecule has 23 heavy (non-hydrogen) atoms. The van der Waals surface area contributed by atoms with Crippen LogP contribution in [0.4, 0.5) is 4.39 Å². The predicted molar refractivity (Wildman–Crippen MR) is 90.4 cm³/mol. The fourth-order valence-electron chi connectivity index (χ4n) is 2.63. The summed E-state index contributed by atoms with van der Waals surface area (Å²) in [5.41, 5.74) is 5.70. The van der Waals surface area contributed by atoms with Crippen molar-refractivity contribution in [2.24, 2.45) is 5.73 Å². The molecule has 0 aliphatic carbocycles. The zero-order valence-electron chi connectivity index (χ0n) is 12.3. The number of ether oxygens (including phenoxy) is 1. The van der Waals surface area contributed by atoms with Gasteiger partial charge in [0.25, 0.3) is 0 Å². The Balaban J connectivity index is 0.00000264. The number of hydrogen-bond acceptors (Lipinski definition) is 4. The summed E-state index contributed by atoms with van der Waals surface area (Å²) in [7, 11) is -2.39. The van der Waals surface area contributed by atoms with Crippen LogP contribution in [0.3, 0.4) is 0 Å². The van der Waals surface area contributed by atoms with E-state index in [0.717, 1.165) is 12.1 Å². The lowest BCUT2D eigenvalue weighted by atomic mass is 10.0. The van der Waals surface area contributed by atoms with Crippen LogP contribution in [0.15, 0.2) is 17.0 Å². The second-order valence-electron chi connectivity index (χ2n) is 5.09. The number of nitrogens with two attached hydrogens (primary N) is 1. The molecule has 2 rings (SSSR count). The summed E-state index contributed by atoms with van der Waals surface area (Å²) in [6.45, 7) is 0.391. The lowest BCUT2D eigenvalue weighted by Crippen LogP contribution is -2.51. The number of hydrogen-bond donors (Lipinski definition) is 1. The summed E-state index contributed by atoms with van der Waals surface area (Å²) < 4.78 is 45.5. The van der Waals surface area contributed by atoms with Gasteiger partial charge in [0.05, 0.1) is 16.1 Å². The van der Waals surface area contributed by atoms with Gasteiger partial charge in [-0.1, -0.05) is 23.2 Å². The molecule has 2 atom stereocenters. The maximum atomic E-state index is 13.3. The number of piperidine rings is 1. The van der Waals surface area contributed by atoms with E-state index in [9.17, 15) is 12.8 Å². The molecule has 10 heteroatoms. The van der Waals surface area contributed by atoms with Crippen LogP contribution in [0.5, 0.6) is 0 Å². The second-order valence-corrected chi connectivity index (χ2v) is 7.73. The van der Waals surface area contributed by atoms with Gasteiger partial charge < -0.3 is 10.5 Å². The Bertz CT molecular complexity index is 637. The molecule has 1 saturated heterocycles. The van der Waals surface area contributed by atoms with Gasteiger partial charge in [-0.05, 0) is 25.0 Å². The largest absolute Gasteiger partial charge is 0.381 e. The van der Waals surface area contributed by atoms with E-state index in [1.54, 1.807) is 7.11 Å². The Morgan fingerprint density at radius 3 is 2.43 bits per heavy atom. The first-order chi connectivity index (χ1) is 10.3. The van der Waals surface area contributed by atoms with E-state index in [0.29, 0.717) is 12.8 Å². The highest BCUT2D eigenvalue weighted by Gasteiger charge is 2.38. The molecule has 0 spiro atoms. The van der Waals surface area contributed by atoms with Gasteiger partial charge in [0.15, 0.2) is 0 Å². The van der Waals surface area contributed by atoms with Crippen LogP contribution >= 0.6 is 35.6 Å². The van der Waals surface area contributed by atoms with Crippen molar-refractivity contribution in [3.05, 3.63) is 28.0 Å². The molecule has 1 aromatic rings. The van der Waals surface area contributed by atoms with Crippen molar-refractivity contribution in [3.63, 3.8) is 0 Å². The monoisotopic (exact) mass is 406 g/mol. The Morgan fingerprint density at radius 2 is 1.96 bits per heavy atom. The minimum absolute atomic E-state index is 0. The molecule has 1 fully saturated rings. The number of nitrogens with zero attached hydrogens (tertiary/aromatic N) is 1. The van der Waals surface area contributed by atoms with Crippen LogP contribution in [0, 0.1) is 5.82 Å². The van der Waals surface area contributed by atoms with Crippen LogP contribution in [-0.2, 0) is 14.8 Å². The highest BCUT2D eigenvalue weighted by Crippen LogP contribution is 2.35. The maximum absolute atomic E-state index is 13.3. The van der Waals surface area contributed by atoms with Crippen LogP contribution in [-0.4, -0.2) is 45.1 Å². The van der Waals surface area contributed by atoms with Gasteiger partial charge >= 0.3 is 0 Å². The SMILES string of the molecule is COC1CCN(S(=O)(=O)c2c(Cl)cc(F)cc2Cl)C(CN)C1.Cl. The molecule has 1 aromatic carbocycles. The van der Waals surface area contributed by atoms with Crippen molar-refractivity contribution < 1.29 is 17.5 Å². The van der Waals surface area contributed by atoms with Crippen LogP contribution in [0.1, 0.15) is 12.8 Å². The van der Waals surface area contributed by atoms with Crippen LogP contribution < -0.4 is 5.73 Å². The van der Waals surface area contributed by atoms with Gasteiger partial charge in [-0.2, -0.15) is 4.31 Å². The summed E-state index contributed by atoms with van der Waals surface area (Å²) in [5.74, 6) is -0.692. The van der Waals surface area contributed by atoms with E-state index in [-0.39, 0.29) is 46.5 Å². The number of sulfonamides is 1. The summed E-state index contributed by atoms with van der Waals surface area (Å²) in [4.78, 5) is -0.286. The Hall–Kier alpha value is -0.150. The zero-order chi connectivity index (χ0) is 16.5. The van der Waals surface area contributed by atoms with Crippen molar-refractivity contribution in [2.75, 3.05) is 20.2 Å². The van der Waals surface area contributed by atoms with Gasteiger partial charge in [0, 0.05) is 26.2 Å². The topological polar surface area (TPSA) is 72.6 Å². The number of methoxy groups -OCH3 is 1. The molecule has 132 valence electrons. The zero-order valence-corrected chi connectivity index (χ0v) is 15.5. The molecule has 1 aliphatic rings. The number of halogens is 4. The fourth-order valence-corrected chi connectivity index (χ4v) is 5.43. The van der Waals surface area contributed by atoms with Gasteiger partial charge in [-0.3, -0.25) is 0 Å². The Morgan fingerprint density at radius 1 is 1.39 bits per heavy atom. The third kappa shape index (κ3) is 4.28. The molecule has 2 N–H and O–H groups in total. The normalized spacial score (nSPS) is 22.7. The molecule has 0 saturated carbocycles. The first-order valence-electron chi connectivity index (χ1n) is 6.70. The van der Waals surface area contributed by atoms with Crippen molar-refractivity contribution in [3.8, 4) is 0 Å². The lowest BCUT2D eigenvalue weighted by Gasteiger charge is -2.37. The third-order valence-electron chi connectivity index (χ3n) is 3.75. The van der Waals surface area contributed by atoms with Crippen LogP contribution in [0.25, 0.3) is 0 Å². The minimum atomic E-state index is -3.97. The average Bonchev–Trinajstić information content (AvgIpc) is 2.44. The van der Waals surface area contributed by atoms with E-state index in [1.807, 2.05) is 0 Å². The quantitative estimate of drug-likeness (QED) is 0.833. The summed E-state index contributed by atoms with van der Waals surface area (Å²) in [6, 6.07) is 1.44. The third-order valence-corrected chi connectivity index (χ3v) is 6.62. The first-order valence-corrected chi connectivity index (χ1v) is 8.90. The summed E-state index contributed by atoms with van der Waals surface area (Å²) in [6.07, 6.45) is 0.991. The van der Waals surface area contributed by atoms with E-state index in [1.165, 1.54) is 4.31 Å². The molecule has 1 aliphatic heterocycles. The number of rotatable bonds is 4. The highest BCUT2D eigenvalue weighted by molar-refractivity contribution is 7.89. The molecule has 0 amide bonds. The summed E-state index contributed by atoms with van der Waals surface area (Å²) in [5, 5.41) is -0.482. The van der Waals surface area contributed by atoms with E-state index in [2.05, 4.69) is 0 Å². The summed E-state index contributed by atoms with van der Waals surface area (Å²) >= 11 is 11.8. The van der Waals surface area contributed by atoms with Gasteiger partial charge in [-0.15, -0.1) is 12.4 Å². The molecule has 0 radical (unpaired) electrons. The van der Waals surface area contributed by atoms with E-state index >= 15 is 0 Å². The van der Waals surface area contributed by atoms with Crippen molar-refractivity contribution >= 4 is 45.6 Å². The van der Waals surface area contributed by atoms with Crippen molar-refractivity contribution in [2.45, 2.75) is 29.9 Å². The number of benzene rings is 1. The molecule has 1 heterocycles. The Labute approximate surface area is 151 Å². The maximum Gasteiger partial charge on any atom is 0.246 e. The molecule has 5 nitrogen and oxygen atoms in total. The van der Waals surface area contributed by atoms with Crippen molar-refractivity contribution in [1.29, 1.82) is 0 Å². The highest BCUT2D eigenvalue weighted by atomic mass is 35.5. The molecule has 0 aromatic heterocycles. The molecular weight excluding hydrogens is 390 g/mol. The second kappa shape index (κ2) is 8.29. The van der Waals surface area contributed by atoms with Gasteiger partial charge in [0.1, 0.15) is 10.7 Å². The fraction of sp³-hybridized carbons (Fsp3) is 0.538. The molecule has 2 unspecified atom stereocenters.